The van der Waals surface area contributed by atoms with E-state index in [1.165, 1.54) is 12.1 Å². The highest BCUT2D eigenvalue weighted by atomic mass is 35.5. The number of carboxylic acid groups (broad SMARTS) is 1. The topological polar surface area (TPSA) is 66.8 Å². The lowest BCUT2D eigenvalue weighted by atomic mass is 9.91. The number of nitrogens with zero attached hydrogens (tertiary/aromatic N) is 1. The van der Waals surface area contributed by atoms with E-state index in [1.807, 2.05) is 13.0 Å². The summed E-state index contributed by atoms with van der Waals surface area (Å²) in [5.74, 6) is -1.20. The molecule has 3 aromatic carbocycles. The van der Waals surface area contributed by atoms with Gasteiger partial charge in [-0.2, -0.15) is 13.2 Å². The first-order valence-corrected chi connectivity index (χ1v) is 12.0. The maximum atomic E-state index is 13.3. The second-order valence-electron chi connectivity index (χ2n) is 9.19. The van der Waals surface area contributed by atoms with Gasteiger partial charge in [-0.15, -0.1) is 0 Å². The first-order chi connectivity index (χ1) is 17.3. The number of halogens is 5. The summed E-state index contributed by atoms with van der Waals surface area (Å²) in [6.45, 7) is 1.15. The summed E-state index contributed by atoms with van der Waals surface area (Å²) in [6, 6.07) is 14.5. The van der Waals surface area contributed by atoms with Crippen molar-refractivity contribution in [3.63, 3.8) is 0 Å². The molecule has 5 nitrogen and oxygen atoms in total. The molecule has 0 saturated carbocycles. The third-order valence-electron chi connectivity index (χ3n) is 6.09. The minimum Gasteiger partial charge on any atom is -0.487 e. The SMILES string of the molecule is CC1(Cc2cccc(Cl)c2Cl)Cc2cc(C(=O)N(CC(=O)O)Cc3ccc(C(F)(F)F)cc3)ccc2O1. The van der Waals surface area contributed by atoms with Crippen molar-refractivity contribution in [1.29, 1.82) is 0 Å². The Morgan fingerprint density at radius 3 is 2.43 bits per heavy atom. The van der Waals surface area contributed by atoms with Gasteiger partial charge in [0.2, 0.25) is 0 Å². The molecule has 1 amide bonds. The van der Waals surface area contributed by atoms with Crippen LogP contribution in [0.3, 0.4) is 0 Å². The molecular weight excluding hydrogens is 530 g/mol. The lowest BCUT2D eigenvalue weighted by molar-refractivity contribution is -0.138. The van der Waals surface area contributed by atoms with Crippen LogP contribution in [0.2, 0.25) is 10.0 Å². The van der Waals surface area contributed by atoms with Gasteiger partial charge in [0.15, 0.2) is 0 Å². The molecular formula is C27H22Cl2F3NO4. The lowest BCUT2D eigenvalue weighted by Crippen LogP contribution is -2.35. The van der Waals surface area contributed by atoms with Crippen LogP contribution in [-0.4, -0.2) is 34.0 Å². The fourth-order valence-electron chi connectivity index (χ4n) is 4.41. The first kappa shape index (κ1) is 26.8. The Bertz CT molecular complexity index is 1340. The molecule has 3 aromatic rings. The van der Waals surface area contributed by atoms with Crippen molar-refractivity contribution in [2.75, 3.05) is 6.54 Å². The summed E-state index contributed by atoms with van der Waals surface area (Å²) >= 11 is 12.5. The quantitative estimate of drug-likeness (QED) is 0.356. The van der Waals surface area contributed by atoms with Gasteiger partial charge in [-0.05, 0) is 60.0 Å². The number of carboxylic acids is 1. The maximum Gasteiger partial charge on any atom is 0.416 e. The molecule has 0 aliphatic carbocycles. The van der Waals surface area contributed by atoms with Crippen LogP contribution in [0.4, 0.5) is 13.2 Å². The van der Waals surface area contributed by atoms with Crippen LogP contribution in [-0.2, 0) is 30.4 Å². The number of alkyl halides is 3. The molecule has 10 heteroatoms. The summed E-state index contributed by atoms with van der Waals surface area (Å²) in [5.41, 5.74) is 0.757. The van der Waals surface area contributed by atoms with Crippen LogP contribution in [0.1, 0.15) is 39.5 Å². The van der Waals surface area contributed by atoms with Crippen molar-refractivity contribution in [2.45, 2.75) is 38.1 Å². The summed E-state index contributed by atoms with van der Waals surface area (Å²) in [6.07, 6.45) is -3.54. The Kier molecular flexibility index (Phi) is 7.44. The Morgan fingerprint density at radius 1 is 1.08 bits per heavy atom. The summed E-state index contributed by atoms with van der Waals surface area (Å²) in [5, 5.41) is 10.2. The molecule has 4 rings (SSSR count). The van der Waals surface area contributed by atoms with E-state index in [0.717, 1.165) is 28.2 Å². The third kappa shape index (κ3) is 6.19. The number of aliphatic carboxylic acids is 1. The zero-order valence-electron chi connectivity index (χ0n) is 19.6. The summed E-state index contributed by atoms with van der Waals surface area (Å²) in [7, 11) is 0. The average molecular weight is 552 g/mol. The van der Waals surface area contributed by atoms with E-state index >= 15 is 0 Å². The molecule has 0 fully saturated rings. The molecule has 0 spiro atoms. The van der Waals surface area contributed by atoms with E-state index in [-0.39, 0.29) is 12.1 Å². The minimum absolute atomic E-state index is 0.165. The highest BCUT2D eigenvalue weighted by Crippen LogP contribution is 2.39. The average Bonchev–Trinajstić information content (AvgIpc) is 3.15. The van der Waals surface area contributed by atoms with Gasteiger partial charge in [0.1, 0.15) is 17.9 Å². The van der Waals surface area contributed by atoms with Crippen molar-refractivity contribution in [2.24, 2.45) is 0 Å². The van der Waals surface area contributed by atoms with E-state index in [0.29, 0.717) is 34.2 Å². The van der Waals surface area contributed by atoms with Crippen molar-refractivity contribution in [3.8, 4) is 5.75 Å². The Balaban J connectivity index is 1.53. The largest absolute Gasteiger partial charge is 0.487 e. The van der Waals surface area contributed by atoms with Gasteiger partial charge in [0.05, 0.1) is 15.6 Å². The number of rotatable bonds is 7. The number of amides is 1. The Morgan fingerprint density at radius 2 is 1.78 bits per heavy atom. The Hall–Kier alpha value is -3.23. The van der Waals surface area contributed by atoms with Crippen LogP contribution in [0.15, 0.2) is 60.7 Å². The van der Waals surface area contributed by atoms with Gasteiger partial charge >= 0.3 is 12.1 Å². The fourth-order valence-corrected chi connectivity index (χ4v) is 4.79. The second-order valence-corrected chi connectivity index (χ2v) is 9.98. The van der Waals surface area contributed by atoms with E-state index in [9.17, 15) is 27.9 Å². The zero-order chi connectivity index (χ0) is 27.0. The number of benzene rings is 3. The summed E-state index contributed by atoms with van der Waals surface area (Å²) < 4.78 is 44.8. The lowest BCUT2D eigenvalue weighted by Gasteiger charge is -2.24. The van der Waals surface area contributed by atoms with Crippen LogP contribution >= 0.6 is 23.2 Å². The maximum absolute atomic E-state index is 13.3. The number of fused-ring (bicyclic) bond motifs is 1. The van der Waals surface area contributed by atoms with Gasteiger partial charge in [-0.3, -0.25) is 9.59 Å². The third-order valence-corrected chi connectivity index (χ3v) is 6.95. The smallest absolute Gasteiger partial charge is 0.416 e. The normalized spacial score (nSPS) is 16.7. The molecule has 1 atom stereocenters. The second kappa shape index (κ2) is 10.3. The Labute approximate surface area is 221 Å². The van der Waals surface area contributed by atoms with Gasteiger partial charge in [-0.25, -0.2) is 0 Å². The number of carbonyl (C=O) groups is 2. The van der Waals surface area contributed by atoms with Gasteiger partial charge in [-0.1, -0.05) is 47.5 Å². The molecule has 37 heavy (non-hydrogen) atoms. The van der Waals surface area contributed by atoms with E-state index < -0.39 is 35.8 Å². The molecule has 194 valence electrons. The fraction of sp³-hybridized carbons (Fsp3) is 0.259. The molecule has 1 aliphatic heterocycles. The number of hydrogen-bond donors (Lipinski definition) is 1. The zero-order valence-corrected chi connectivity index (χ0v) is 21.1. The molecule has 0 aromatic heterocycles. The van der Waals surface area contributed by atoms with E-state index in [2.05, 4.69) is 0 Å². The number of ether oxygens (including phenoxy) is 1. The minimum atomic E-state index is -4.49. The molecule has 1 N–H and O–H groups in total. The summed E-state index contributed by atoms with van der Waals surface area (Å²) in [4.78, 5) is 25.8. The van der Waals surface area contributed by atoms with Crippen molar-refractivity contribution in [3.05, 3.63) is 98.5 Å². The molecule has 1 aliphatic rings. The molecule has 0 radical (unpaired) electrons. The molecule has 1 unspecified atom stereocenters. The first-order valence-electron chi connectivity index (χ1n) is 11.3. The van der Waals surface area contributed by atoms with Crippen molar-refractivity contribution in [1.82, 2.24) is 4.90 Å². The predicted octanol–water partition coefficient (Wildman–Crippen LogP) is 6.68. The van der Waals surface area contributed by atoms with Crippen molar-refractivity contribution < 1.29 is 32.6 Å². The van der Waals surface area contributed by atoms with Crippen LogP contribution in [0.25, 0.3) is 0 Å². The molecule has 0 saturated heterocycles. The van der Waals surface area contributed by atoms with E-state index in [4.69, 9.17) is 27.9 Å². The number of hydrogen-bond acceptors (Lipinski definition) is 3. The van der Waals surface area contributed by atoms with E-state index in [1.54, 1.807) is 30.3 Å². The standard InChI is InChI=1S/C27H22Cl2F3NO4/c1-26(12-18-3-2-4-21(28)24(18)29)13-19-11-17(7-10-22(19)37-26)25(36)33(15-23(34)35)14-16-5-8-20(9-6-16)27(30,31)32/h2-11H,12-15H2,1H3,(H,34,35). The highest BCUT2D eigenvalue weighted by molar-refractivity contribution is 6.42. The van der Waals surface area contributed by atoms with Crippen LogP contribution < -0.4 is 4.74 Å². The van der Waals surface area contributed by atoms with Gasteiger partial charge in [0.25, 0.3) is 5.91 Å². The van der Waals surface area contributed by atoms with Gasteiger partial charge in [0, 0.05) is 24.9 Å². The number of carbonyl (C=O) groups excluding carboxylic acids is 1. The van der Waals surface area contributed by atoms with Gasteiger partial charge < -0.3 is 14.7 Å². The monoisotopic (exact) mass is 551 g/mol. The predicted molar refractivity (Wildman–Crippen MR) is 133 cm³/mol. The van der Waals surface area contributed by atoms with Crippen LogP contribution in [0.5, 0.6) is 5.75 Å². The van der Waals surface area contributed by atoms with Crippen molar-refractivity contribution >= 4 is 35.1 Å². The van der Waals surface area contributed by atoms with Crippen LogP contribution in [0, 0.1) is 0 Å². The molecule has 0 bridgehead atoms. The highest BCUT2D eigenvalue weighted by Gasteiger charge is 2.36. The molecule has 1 heterocycles.